The van der Waals surface area contributed by atoms with E-state index in [-0.39, 0.29) is 42.8 Å². The second-order valence-electron chi connectivity index (χ2n) is 15.4. The number of ether oxygens (including phenoxy) is 2. The first-order valence-electron chi connectivity index (χ1n) is 18.3. The number of likely N-dealkylation sites (N-methyl/N-ethyl adjacent to an activating group) is 1. The van der Waals surface area contributed by atoms with Gasteiger partial charge in [-0.1, -0.05) is 53.0 Å². The number of pyridine rings is 1. The number of piperidine rings is 1. The maximum absolute atomic E-state index is 14.7. The SMILES string of the molecule is CNC(=O)Cc1ccc(Cl)c(CN(C(=O)[C@H]2CN(C(=O)OC(C)(C)C)CC[C@@H]2c2ccc(N3CC[C@@H](Oc4c(Cl)cc(C)cc4Cl)C3)nc2)C2CC2)c1. The molecule has 1 saturated carbocycles. The average Bonchev–Trinajstić information content (AvgIpc) is 3.85. The second kappa shape index (κ2) is 16.3. The van der Waals surface area contributed by atoms with Crippen molar-refractivity contribution in [3.63, 3.8) is 0 Å². The topological polar surface area (TPSA) is 104 Å². The number of nitrogens with zero attached hydrogens (tertiary/aromatic N) is 4. The second-order valence-corrected chi connectivity index (χ2v) is 16.6. The quantitative estimate of drug-likeness (QED) is 0.224. The largest absolute Gasteiger partial charge is 0.485 e. The summed E-state index contributed by atoms with van der Waals surface area (Å²) in [6.45, 7) is 9.84. The van der Waals surface area contributed by atoms with Crippen LogP contribution in [0, 0.1) is 12.8 Å². The molecular formula is C40H48Cl3N5O5. The molecule has 1 N–H and O–H groups in total. The van der Waals surface area contributed by atoms with E-state index in [4.69, 9.17) is 49.3 Å². The van der Waals surface area contributed by atoms with Gasteiger partial charge >= 0.3 is 6.09 Å². The monoisotopic (exact) mass is 783 g/mol. The van der Waals surface area contributed by atoms with E-state index in [1.165, 1.54) is 0 Å². The van der Waals surface area contributed by atoms with Crippen LogP contribution in [0.4, 0.5) is 10.6 Å². The van der Waals surface area contributed by atoms with Gasteiger partial charge in [-0.2, -0.15) is 0 Å². The molecule has 1 aromatic heterocycles. The number of hydrogen-bond acceptors (Lipinski definition) is 7. The van der Waals surface area contributed by atoms with Crippen LogP contribution >= 0.6 is 34.8 Å². The van der Waals surface area contributed by atoms with E-state index in [0.717, 1.165) is 53.9 Å². The van der Waals surface area contributed by atoms with Crippen molar-refractivity contribution < 1.29 is 23.9 Å². The normalized spacial score (nSPS) is 20.3. The first kappa shape index (κ1) is 39.0. The van der Waals surface area contributed by atoms with Crippen molar-refractivity contribution in [1.29, 1.82) is 0 Å². The zero-order valence-corrected chi connectivity index (χ0v) is 33.2. The van der Waals surface area contributed by atoms with E-state index in [0.29, 0.717) is 46.9 Å². The molecule has 13 heteroatoms. The first-order valence-corrected chi connectivity index (χ1v) is 19.4. The maximum atomic E-state index is 14.7. The lowest BCUT2D eigenvalue weighted by Gasteiger charge is -2.40. The lowest BCUT2D eigenvalue weighted by molar-refractivity contribution is -0.139. The van der Waals surface area contributed by atoms with Crippen molar-refractivity contribution in [2.75, 3.05) is 38.1 Å². The van der Waals surface area contributed by atoms with Gasteiger partial charge < -0.3 is 29.5 Å². The number of anilines is 1. The van der Waals surface area contributed by atoms with Crippen LogP contribution in [0.15, 0.2) is 48.7 Å². The van der Waals surface area contributed by atoms with E-state index in [2.05, 4.69) is 16.3 Å². The number of carbonyl (C=O) groups excluding carboxylic acids is 3. The molecule has 2 saturated heterocycles. The smallest absolute Gasteiger partial charge is 0.410 e. The number of likely N-dealkylation sites (tertiary alicyclic amines) is 1. The van der Waals surface area contributed by atoms with Crippen LogP contribution in [0.3, 0.4) is 0 Å². The Hall–Kier alpha value is -3.73. The highest BCUT2D eigenvalue weighted by Gasteiger charge is 2.43. The fourth-order valence-corrected chi connectivity index (χ4v) is 8.06. The number of halogens is 3. The highest BCUT2D eigenvalue weighted by Crippen LogP contribution is 2.40. The molecule has 1 aliphatic carbocycles. The Kier molecular flexibility index (Phi) is 12.0. The Labute approximate surface area is 327 Å². The summed E-state index contributed by atoms with van der Waals surface area (Å²) in [4.78, 5) is 50.8. The number of nitrogens with one attached hydrogen (secondary N) is 1. The van der Waals surface area contributed by atoms with E-state index >= 15 is 0 Å². The van der Waals surface area contributed by atoms with Crippen molar-refractivity contribution in [3.05, 3.63) is 86.0 Å². The third-order valence-electron chi connectivity index (χ3n) is 10.0. The fourth-order valence-electron chi connectivity index (χ4n) is 7.20. The molecule has 3 amide bonds. The number of hydrogen-bond donors (Lipinski definition) is 1. The van der Waals surface area contributed by atoms with Gasteiger partial charge in [-0.05, 0) is 93.5 Å². The van der Waals surface area contributed by atoms with Gasteiger partial charge in [0.2, 0.25) is 11.8 Å². The Morgan fingerprint density at radius 3 is 2.32 bits per heavy atom. The van der Waals surface area contributed by atoms with Crippen LogP contribution in [-0.2, 0) is 27.3 Å². The molecule has 3 aromatic rings. The summed E-state index contributed by atoms with van der Waals surface area (Å²) in [5.74, 6) is 0.499. The predicted molar refractivity (Wildman–Crippen MR) is 208 cm³/mol. The number of amides is 3. The zero-order valence-electron chi connectivity index (χ0n) is 31.0. The Morgan fingerprint density at radius 1 is 0.943 bits per heavy atom. The van der Waals surface area contributed by atoms with E-state index < -0.39 is 17.6 Å². The van der Waals surface area contributed by atoms with E-state index in [1.54, 1.807) is 18.0 Å². The molecule has 3 aliphatic rings. The van der Waals surface area contributed by atoms with E-state index in [1.807, 2.05) is 69.1 Å². The van der Waals surface area contributed by atoms with Crippen molar-refractivity contribution in [1.82, 2.24) is 20.1 Å². The Morgan fingerprint density at radius 2 is 1.68 bits per heavy atom. The Balaban J connectivity index is 1.21. The average molecular weight is 785 g/mol. The molecule has 10 nitrogen and oxygen atoms in total. The highest BCUT2D eigenvalue weighted by molar-refractivity contribution is 6.37. The summed E-state index contributed by atoms with van der Waals surface area (Å²) in [5, 5.41) is 4.19. The van der Waals surface area contributed by atoms with Crippen molar-refractivity contribution in [2.45, 2.75) is 90.0 Å². The molecule has 3 atom stereocenters. The molecule has 0 unspecified atom stereocenters. The van der Waals surface area contributed by atoms with Gasteiger partial charge in [0.15, 0.2) is 5.75 Å². The third-order valence-corrected chi connectivity index (χ3v) is 11.0. The predicted octanol–water partition coefficient (Wildman–Crippen LogP) is 7.83. The lowest BCUT2D eigenvalue weighted by Crippen LogP contribution is -2.51. The number of carbonyl (C=O) groups is 3. The van der Waals surface area contributed by atoms with Gasteiger partial charge in [0.1, 0.15) is 17.5 Å². The van der Waals surface area contributed by atoms with Crippen LogP contribution < -0.4 is 15.0 Å². The number of aromatic nitrogens is 1. The molecular weight excluding hydrogens is 737 g/mol. The van der Waals surface area contributed by atoms with Gasteiger partial charge in [0.25, 0.3) is 0 Å². The molecule has 0 bridgehead atoms. The highest BCUT2D eigenvalue weighted by atomic mass is 35.5. The number of aryl methyl sites for hydroxylation is 1. The lowest BCUT2D eigenvalue weighted by atomic mass is 9.80. The van der Waals surface area contributed by atoms with Crippen molar-refractivity contribution in [3.8, 4) is 5.75 Å². The molecule has 284 valence electrons. The Bertz CT molecular complexity index is 1810. The minimum atomic E-state index is -0.665. The molecule has 53 heavy (non-hydrogen) atoms. The molecule has 3 fully saturated rings. The van der Waals surface area contributed by atoms with Crippen LogP contribution in [-0.4, -0.2) is 83.7 Å². The van der Waals surface area contributed by atoms with Gasteiger partial charge in [-0.25, -0.2) is 9.78 Å². The summed E-state index contributed by atoms with van der Waals surface area (Å²) < 4.78 is 12.0. The molecule has 0 radical (unpaired) electrons. The molecule has 3 heterocycles. The number of benzene rings is 2. The minimum absolute atomic E-state index is 0.0319. The van der Waals surface area contributed by atoms with Crippen LogP contribution in [0.5, 0.6) is 5.75 Å². The van der Waals surface area contributed by atoms with Crippen LogP contribution in [0.1, 0.15) is 74.6 Å². The summed E-state index contributed by atoms with van der Waals surface area (Å²) in [6, 6.07) is 13.4. The molecule has 2 aromatic carbocycles. The summed E-state index contributed by atoms with van der Waals surface area (Å²) in [7, 11) is 1.61. The van der Waals surface area contributed by atoms with Crippen molar-refractivity contribution in [2.24, 2.45) is 5.92 Å². The summed E-state index contributed by atoms with van der Waals surface area (Å²) >= 11 is 19.6. The molecule has 2 aliphatic heterocycles. The first-order chi connectivity index (χ1) is 25.2. The van der Waals surface area contributed by atoms with Gasteiger partial charge in [-0.3, -0.25) is 9.59 Å². The van der Waals surface area contributed by atoms with Crippen LogP contribution in [0.2, 0.25) is 15.1 Å². The standard InChI is InChI=1S/C40H48Cl3N5O5/c1-24-16-33(42)37(34(43)17-24)52-29-12-14-46(22-29)35-11-7-26(20-45-35)30-13-15-47(39(51)53-40(2,3)4)23-31(30)38(50)48(28-8-9-28)21-27-18-25(6-10-32(27)41)19-36(49)44-5/h6-7,10-11,16-18,20,28-31H,8-9,12-15,19,21-23H2,1-5H3,(H,44,49)/t29-,30-,31+/m1/s1. The fraction of sp³-hybridized carbons (Fsp3) is 0.500. The molecule has 0 spiro atoms. The van der Waals surface area contributed by atoms with Crippen LogP contribution in [0.25, 0.3) is 0 Å². The van der Waals surface area contributed by atoms with Gasteiger partial charge in [0.05, 0.1) is 28.9 Å². The minimum Gasteiger partial charge on any atom is -0.485 e. The van der Waals surface area contributed by atoms with Gasteiger partial charge in [-0.15, -0.1) is 0 Å². The third kappa shape index (κ3) is 9.69. The summed E-state index contributed by atoms with van der Waals surface area (Å²) in [5.41, 5.74) is 2.86. The van der Waals surface area contributed by atoms with E-state index in [9.17, 15) is 14.4 Å². The number of rotatable bonds is 10. The maximum Gasteiger partial charge on any atom is 0.410 e. The summed E-state index contributed by atoms with van der Waals surface area (Å²) in [6.07, 6.45) is 4.72. The zero-order chi connectivity index (χ0) is 38.0. The van der Waals surface area contributed by atoms with Gasteiger partial charge in [0, 0.05) is 62.8 Å². The van der Waals surface area contributed by atoms with Crippen molar-refractivity contribution >= 4 is 58.5 Å². The molecule has 6 rings (SSSR count).